The molecular formula is C25H36N2O7S2. The number of rotatable bonds is 10. The van der Waals surface area contributed by atoms with Crippen LogP contribution in [0.3, 0.4) is 0 Å². The largest absolute Gasteiger partial charge is 0.496 e. The van der Waals surface area contributed by atoms with E-state index in [1.807, 2.05) is 37.3 Å². The van der Waals surface area contributed by atoms with Crippen LogP contribution in [0.4, 0.5) is 0 Å². The molecule has 1 heterocycles. The lowest BCUT2D eigenvalue weighted by Gasteiger charge is -2.42. The van der Waals surface area contributed by atoms with Crippen molar-refractivity contribution in [3.8, 4) is 5.75 Å². The van der Waals surface area contributed by atoms with Gasteiger partial charge in [0.05, 0.1) is 23.8 Å². The van der Waals surface area contributed by atoms with Crippen LogP contribution in [-0.2, 0) is 21.5 Å². The molecule has 3 rings (SSSR count). The highest BCUT2D eigenvalue weighted by Crippen LogP contribution is 2.58. The van der Waals surface area contributed by atoms with Crippen molar-refractivity contribution in [3.63, 3.8) is 0 Å². The zero-order valence-electron chi connectivity index (χ0n) is 20.9. The van der Waals surface area contributed by atoms with Crippen LogP contribution in [0.25, 0.3) is 0 Å². The Hall–Kier alpha value is -2.15. The minimum atomic E-state index is -4.47. The van der Waals surface area contributed by atoms with Gasteiger partial charge in [0.1, 0.15) is 5.75 Å². The fourth-order valence-corrected chi connectivity index (χ4v) is 7.38. The van der Waals surface area contributed by atoms with Gasteiger partial charge in [-0.25, -0.2) is 0 Å². The average Bonchev–Trinajstić information content (AvgIpc) is 2.92. The van der Waals surface area contributed by atoms with Crippen molar-refractivity contribution in [2.24, 2.45) is 0 Å². The fourth-order valence-electron chi connectivity index (χ4n) is 4.70. The molecule has 200 valence electrons. The Morgan fingerprint density at radius 1 is 1.22 bits per heavy atom. The molecule has 0 aromatic heterocycles. The van der Waals surface area contributed by atoms with Gasteiger partial charge in [-0.2, -0.15) is 19.0 Å². The minimum Gasteiger partial charge on any atom is -0.496 e. The van der Waals surface area contributed by atoms with E-state index in [-0.39, 0.29) is 18.3 Å². The molecule has 11 heteroatoms. The van der Waals surface area contributed by atoms with Gasteiger partial charge in [0.2, 0.25) is 5.91 Å². The molecule has 1 aliphatic heterocycles. The normalized spacial score (nSPS) is 22.2. The van der Waals surface area contributed by atoms with Crippen LogP contribution in [0, 0.1) is 0 Å². The molecule has 0 saturated carbocycles. The topological polar surface area (TPSA) is 145 Å². The lowest BCUT2D eigenvalue weighted by atomic mass is 9.88. The number of methoxy groups -OCH3 is 1. The summed E-state index contributed by atoms with van der Waals surface area (Å²) in [5.74, 6) is -1.38. The summed E-state index contributed by atoms with van der Waals surface area (Å²) in [5, 5.41) is 6.22. The maximum Gasteiger partial charge on any atom is 0.274 e. The molecule has 0 bridgehead atoms. The molecule has 0 radical (unpaired) electrons. The maximum absolute atomic E-state index is 12.0. The van der Waals surface area contributed by atoms with Crippen molar-refractivity contribution in [3.05, 3.63) is 59.2 Å². The number of fused-ring (bicyclic) bond motifs is 1. The van der Waals surface area contributed by atoms with Crippen LogP contribution in [0.1, 0.15) is 62.3 Å². The molecule has 1 amide bonds. The number of hydrogen-bond acceptors (Lipinski definition) is 7. The predicted molar refractivity (Wildman–Crippen MR) is 141 cm³/mol. The first kappa shape index (κ1) is 28.4. The van der Waals surface area contributed by atoms with Crippen molar-refractivity contribution in [2.75, 3.05) is 18.6 Å². The Morgan fingerprint density at radius 3 is 2.50 bits per heavy atom. The first-order chi connectivity index (χ1) is 16.9. The van der Waals surface area contributed by atoms with E-state index in [1.165, 1.54) is 7.11 Å². The highest BCUT2D eigenvalue weighted by molar-refractivity contribution is 8.24. The van der Waals surface area contributed by atoms with Gasteiger partial charge < -0.3 is 10.1 Å². The Balaban J connectivity index is 2.12. The quantitative estimate of drug-likeness (QED) is 0.280. The zero-order chi connectivity index (χ0) is 26.6. The van der Waals surface area contributed by atoms with Gasteiger partial charge in [0.25, 0.3) is 10.1 Å². The average molecular weight is 541 g/mol. The number of amides is 1. The molecule has 36 heavy (non-hydrogen) atoms. The van der Waals surface area contributed by atoms with Gasteiger partial charge in [-0.1, -0.05) is 57.0 Å². The molecular weight excluding hydrogens is 504 g/mol. The molecule has 0 unspecified atom stereocenters. The van der Waals surface area contributed by atoms with Crippen LogP contribution < -0.4 is 15.4 Å². The molecule has 2 atom stereocenters. The number of unbranched alkanes of at least 4 members (excludes halogenated alkanes) is 1. The number of nitrogens with one attached hydrogen (secondary N) is 2. The van der Waals surface area contributed by atoms with Gasteiger partial charge in [-0.15, -0.1) is 0 Å². The lowest BCUT2D eigenvalue weighted by Crippen LogP contribution is -2.49. The molecule has 0 aliphatic carbocycles. The van der Waals surface area contributed by atoms with Crippen LogP contribution in [-0.4, -0.2) is 52.1 Å². The number of ether oxygens (including phenoxy) is 1. The smallest absolute Gasteiger partial charge is 0.274 e. The van der Waals surface area contributed by atoms with Crippen LogP contribution in [0.15, 0.2) is 47.4 Å². The zero-order valence-corrected chi connectivity index (χ0v) is 22.5. The van der Waals surface area contributed by atoms with Crippen LogP contribution in [0.5, 0.6) is 5.75 Å². The van der Waals surface area contributed by atoms with Crippen molar-refractivity contribution in [1.29, 1.82) is 0 Å². The van der Waals surface area contributed by atoms with Gasteiger partial charge >= 0.3 is 0 Å². The Morgan fingerprint density at radius 2 is 1.92 bits per heavy atom. The van der Waals surface area contributed by atoms with E-state index in [2.05, 4.69) is 17.6 Å². The molecule has 1 aliphatic rings. The molecule has 0 saturated heterocycles. The van der Waals surface area contributed by atoms with E-state index >= 15 is 0 Å². The van der Waals surface area contributed by atoms with Gasteiger partial charge in [-0.05, 0) is 30.5 Å². The molecule has 0 spiro atoms. The number of carbonyl (C=O) groups is 1. The van der Waals surface area contributed by atoms with E-state index in [0.29, 0.717) is 28.2 Å². The van der Waals surface area contributed by atoms with Gasteiger partial charge in [0, 0.05) is 23.2 Å². The summed E-state index contributed by atoms with van der Waals surface area (Å²) in [5.41, 5.74) is 1.61. The standard InChI is InChI=1S/C25H36N2O7S2/c1-4-6-12-25(5-2)17-35(29,30)22-13-19(15-26-23(28)16-36(31,32)33)21(34-3)14-20(22)24(27-25)18-10-8-7-9-11-18/h7-11,13-14,24,27,29-30H,4-6,12,15-17H2,1-3H3,(H,26,28)(H,31,32,33)/t24-,25-/m1/s1. The first-order valence-corrected chi connectivity index (χ1v) is 15.3. The Kier molecular flexibility index (Phi) is 9.07. The second-order valence-corrected chi connectivity index (χ2v) is 12.8. The van der Waals surface area contributed by atoms with Gasteiger partial charge in [0.15, 0.2) is 5.75 Å². The lowest BCUT2D eigenvalue weighted by molar-refractivity contribution is -0.118. The molecule has 2 aromatic carbocycles. The van der Waals surface area contributed by atoms with Crippen LogP contribution in [0.2, 0.25) is 0 Å². The van der Waals surface area contributed by atoms with Crippen molar-refractivity contribution >= 4 is 26.6 Å². The van der Waals surface area contributed by atoms with Crippen molar-refractivity contribution in [1.82, 2.24) is 10.6 Å². The summed E-state index contributed by atoms with van der Waals surface area (Å²) in [6.07, 6.45) is 3.40. The number of carbonyl (C=O) groups excluding carboxylic acids is 1. The van der Waals surface area contributed by atoms with E-state index < -0.39 is 37.9 Å². The second-order valence-electron chi connectivity index (χ2n) is 9.24. The van der Waals surface area contributed by atoms with Crippen molar-refractivity contribution in [2.45, 2.75) is 62.6 Å². The SMILES string of the molecule is CCCC[C@]1(CC)CS(O)(O)c2cc(CNC(=O)CS(=O)(=O)O)c(OC)cc2[C@@H](c2ccccc2)N1. The van der Waals surface area contributed by atoms with Crippen LogP contribution >= 0.6 is 10.6 Å². The summed E-state index contributed by atoms with van der Waals surface area (Å²) in [6, 6.07) is 12.8. The number of hydrogen-bond donors (Lipinski definition) is 5. The third-order valence-electron chi connectivity index (χ3n) is 6.61. The second kappa shape index (κ2) is 11.5. The summed E-state index contributed by atoms with van der Waals surface area (Å²) >= 11 is 0. The Labute approximate surface area is 214 Å². The summed E-state index contributed by atoms with van der Waals surface area (Å²) in [4.78, 5) is 12.3. The highest BCUT2D eigenvalue weighted by atomic mass is 32.3. The molecule has 0 fully saturated rings. The third kappa shape index (κ3) is 6.78. The third-order valence-corrected chi connectivity index (χ3v) is 9.25. The minimum absolute atomic E-state index is 0.113. The molecule has 9 nitrogen and oxygen atoms in total. The summed E-state index contributed by atoms with van der Waals surface area (Å²) in [6.45, 7) is 4.04. The summed E-state index contributed by atoms with van der Waals surface area (Å²) in [7, 11) is -6.25. The van der Waals surface area contributed by atoms with Gasteiger partial charge in [-0.3, -0.25) is 23.8 Å². The van der Waals surface area contributed by atoms with Crippen molar-refractivity contribution < 1.29 is 31.6 Å². The van der Waals surface area contributed by atoms with E-state index in [9.17, 15) is 22.3 Å². The van der Waals surface area contributed by atoms with E-state index in [1.54, 1.807) is 12.1 Å². The van der Waals surface area contributed by atoms with E-state index in [0.717, 1.165) is 24.8 Å². The van der Waals surface area contributed by atoms with E-state index in [4.69, 9.17) is 9.29 Å². The molecule has 5 N–H and O–H groups in total. The Bertz CT molecular complexity index is 1170. The first-order valence-electron chi connectivity index (χ1n) is 11.9. The number of benzene rings is 2. The highest BCUT2D eigenvalue weighted by Gasteiger charge is 2.42. The molecule has 2 aromatic rings. The summed E-state index contributed by atoms with van der Waals surface area (Å²) < 4.78 is 59.6. The fraction of sp³-hybridized carbons (Fsp3) is 0.480. The monoisotopic (exact) mass is 540 g/mol. The predicted octanol–water partition coefficient (Wildman–Crippen LogP) is 4.34. The maximum atomic E-state index is 12.0.